The first-order valence-electron chi connectivity index (χ1n) is 6.59. The second-order valence-corrected chi connectivity index (χ2v) is 4.99. The van der Waals surface area contributed by atoms with E-state index in [9.17, 15) is 9.59 Å². The maximum Gasteiger partial charge on any atom is 0.322 e. The van der Waals surface area contributed by atoms with Gasteiger partial charge in [0.15, 0.2) is 0 Å². The van der Waals surface area contributed by atoms with Gasteiger partial charge in [0.25, 0.3) is 0 Å². The molecular formula is C14H19N3O3. The van der Waals surface area contributed by atoms with Crippen LogP contribution < -0.4 is 15.1 Å². The zero-order chi connectivity index (χ0) is 14.7. The van der Waals surface area contributed by atoms with Crippen molar-refractivity contribution in [3.63, 3.8) is 0 Å². The second kappa shape index (κ2) is 5.81. The highest BCUT2D eigenvalue weighted by Gasteiger charge is 2.25. The highest BCUT2D eigenvalue weighted by Crippen LogP contribution is 2.31. The smallest absolute Gasteiger partial charge is 0.322 e. The molecule has 0 spiro atoms. The first kappa shape index (κ1) is 14.2. The third kappa shape index (κ3) is 2.84. The fraction of sp³-hybridized carbons (Fsp3) is 0.429. The summed E-state index contributed by atoms with van der Waals surface area (Å²) in [6, 6.07) is 7.43. The van der Waals surface area contributed by atoms with E-state index in [1.165, 1.54) is 0 Å². The Morgan fingerprint density at radius 1 is 1.30 bits per heavy atom. The van der Waals surface area contributed by atoms with Crippen LogP contribution in [0.25, 0.3) is 0 Å². The number of hydrogen-bond donors (Lipinski definition) is 2. The minimum absolute atomic E-state index is 0.128. The first-order valence-corrected chi connectivity index (χ1v) is 6.59. The zero-order valence-corrected chi connectivity index (χ0v) is 11.7. The van der Waals surface area contributed by atoms with Gasteiger partial charge in [-0.05, 0) is 12.1 Å². The summed E-state index contributed by atoms with van der Waals surface area (Å²) in [4.78, 5) is 26.7. The van der Waals surface area contributed by atoms with Crippen molar-refractivity contribution in [3.05, 3.63) is 24.3 Å². The van der Waals surface area contributed by atoms with Crippen molar-refractivity contribution < 1.29 is 14.7 Å². The van der Waals surface area contributed by atoms with E-state index in [0.717, 1.165) is 17.9 Å². The minimum atomic E-state index is -0.913. The topological polar surface area (TPSA) is 72.9 Å². The largest absolute Gasteiger partial charge is 0.481 e. The molecule has 0 radical (unpaired) electrons. The number of urea groups is 1. The Balaban J connectivity index is 2.08. The molecule has 1 aliphatic heterocycles. The summed E-state index contributed by atoms with van der Waals surface area (Å²) in [7, 11) is 1.99. The zero-order valence-electron chi connectivity index (χ0n) is 11.7. The van der Waals surface area contributed by atoms with Gasteiger partial charge < -0.3 is 15.3 Å². The predicted octanol–water partition coefficient (Wildman–Crippen LogP) is 1.37. The molecule has 1 aromatic rings. The van der Waals surface area contributed by atoms with Gasteiger partial charge in [-0.25, -0.2) is 4.79 Å². The van der Waals surface area contributed by atoms with Gasteiger partial charge in [0.2, 0.25) is 0 Å². The highest BCUT2D eigenvalue weighted by atomic mass is 16.4. The van der Waals surface area contributed by atoms with Crippen LogP contribution in [0.4, 0.5) is 16.2 Å². The quantitative estimate of drug-likeness (QED) is 0.875. The van der Waals surface area contributed by atoms with E-state index in [2.05, 4.69) is 10.2 Å². The number of amides is 2. The molecule has 1 aromatic carbocycles. The van der Waals surface area contributed by atoms with Crippen LogP contribution in [-0.4, -0.2) is 43.8 Å². The van der Waals surface area contributed by atoms with Gasteiger partial charge in [-0.2, -0.15) is 0 Å². The van der Waals surface area contributed by atoms with Gasteiger partial charge in [0.05, 0.1) is 17.3 Å². The first-order chi connectivity index (χ1) is 9.50. The fourth-order valence-electron chi connectivity index (χ4n) is 2.14. The third-order valence-electron chi connectivity index (χ3n) is 3.47. The lowest BCUT2D eigenvalue weighted by atomic mass is 10.1. The molecule has 6 nitrogen and oxygen atoms in total. The number of likely N-dealkylation sites (N-methyl/N-ethyl adjacent to an activating group) is 1. The molecule has 0 aliphatic carbocycles. The molecule has 1 heterocycles. The van der Waals surface area contributed by atoms with Crippen LogP contribution in [0.1, 0.15) is 6.92 Å². The lowest BCUT2D eigenvalue weighted by Gasteiger charge is -2.35. The summed E-state index contributed by atoms with van der Waals surface area (Å²) >= 11 is 0. The summed E-state index contributed by atoms with van der Waals surface area (Å²) in [5.74, 6) is -1.51. The van der Waals surface area contributed by atoms with Crippen LogP contribution in [0, 0.1) is 5.92 Å². The number of rotatable bonds is 3. The SMILES string of the molecule is CC(CNC(=O)N1CCN(C)c2ccccc21)C(=O)O. The normalized spacial score (nSPS) is 15.5. The van der Waals surface area contributed by atoms with Crippen molar-refractivity contribution in [3.8, 4) is 0 Å². The Morgan fingerprint density at radius 3 is 2.60 bits per heavy atom. The van der Waals surface area contributed by atoms with E-state index < -0.39 is 11.9 Å². The molecule has 0 saturated carbocycles. The van der Waals surface area contributed by atoms with Crippen LogP contribution in [0.2, 0.25) is 0 Å². The minimum Gasteiger partial charge on any atom is -0.481 e. The van der Waals surface area contributed by atoms with E-state index in [1.54, 1.807) is 11.8 Å². The maximum atomic E-state index is 12.2. The van der Waals surface area contributed by atoms with Gasteiger partial charge in [-0.1, -0.05) is 19.1 Å². The number of aliphatic carboxylic acids is 1. The van der Waals surface area contributed by atoms with Crippen molar-refractivity contribution in [2.45, 2.75) is 6.92 Å². The molecule has 0 fully saturated rings. The Labute approximate surface area is 118 Å². The van der Waals surface area contributed by atoms with E-state index >= 15 is 0 Å². The number of benzene rings is 1. The number of fused-ring (bicyclic) bond motifs is 1. The number of para-hydroxylation sites is 2. The van der Waals surface area contributed by atoms with Crippen molar-refractivity contribution in [1.29, 1.82) is 0 Å². The fourth-order valence-corrected chi connectivity index (χ4v) is 2.14. The van der Waals surface area contributed by atoms with E-state index in [4.69, 9.17) is 5.11 Å². The Morgan fingerprint density at radius 2 is 1.95 bits per heavy atom. The number of nitrogens with zero attached hydrogens (tertiary/aromatic N) is 2. The van der Waals surface area contributed by atoms with Gasteiger partial charge >= 0.3 is 12.0 Å². The summed E-state index contributed by atoms with van der Waals surface area (Å²) in [5, 5.41) is 11.5. The maximum absolute atomic E-state index is 12.2. The van der Waals surface area contributed by atoms with Crippen molar-refractivity contribution in [1.82, 2.24) is 5.32 Å². The van der Waals surface area contributed by atoms with Crippen molar-refractivity contribution >= 4 is 23.4 Å². The molecule has 1 unspecified atom stereocenters. The van der Waals surface area contributed by atoms with Gasteiger partial charge in [-0.15, -0.1) is 0 Å². The van der Waals surface area contributed by atoms with Crippen LogP contribution in [0.15, 0.2) is 24.3 Å². The number of carbonyl (C=O) groups is 2. The number of carbonyl (C=O) groups excluding carboxylic acids is 1. The number of hydrogen-bond acceptors (Lipinski definition) is 3. The van der Waals surface area contributed by atoms with Gasteiger partial charge in [0.1, 0.15) is 0 Å². The number of carboxylic acid groups (broad SMARTS) is 1. The standard InChI is InChI=1S/C14H19N3O3/c1-10(13(18)19)9-15-14(20)17-8-7-16(2)11-5-3-4-6-12(11)17/h3-6,10H,7-9H2,1-2H3,(H,15,20)(H,18,19). The van der Waals surface area contributed by atoms with Gasteiger partial charge in [0, 0.05) is 26.7 Å². The third-order valence-corrected chi connectivity index (χ3v) is 3.47. The predicted molar refractivity (Wildman–Crippen MR) is 77.3 cm³/mol. The number of carboxylic acids is 1. The number of anilines is 2. The molecule has 2 N–H and O–H groups in total. The van der Waals surface area contributed by atoms with Crippen LogP contribution >= 0.6 is 0 Å². The lowest BCUT2D eigenvalue weighted by molar-refractivity contribution is -0.140. The highest BCUT2D eigenvalue weighted by molar-refractivity contribution is 5.96. The number of nitrogens with one attached hydrogen (secondary N) is 1. The average Bonchev–Trinajstić information content (AvgIpc) is 2.45. The van der Waals surface area contributed by atoms with E-state index in [-0.39, 0.29) is 12.6 Å². The summed E-state index contributed by atoms with van der Waals surface area (Å²) in [5.41, 5.74) is 1.85. The van der Waals surface area contributed by atoms with Crippen molar-refractivity contribution in [2.75, 3.05) is 36.5 Å². The molecule has 108 valence electrons. The molecule has 2 amide bonds. The molecule has 2 rings (SSSR count). The van der Waals surface area contributed by atoms with Crippen LogP contribution in [-0.2, 0) is 4.79 Å². The second-order valence-electron chi connectivity index (χ2n) is 4.99. The molecular weight excluding hydrogens is 258 g/mol. The van der Waals surface area contributed by atoms with Crippen molar-refractivity contribution in [2.24, 2.45) is 5.92 Å². The van der Waals surface area contributed by atoms with Gasteiger partial charge in [-0.3, -0.25) is 9.69 Å². The van der Waals surface area contributed by atoms with Crippen LogP contribution in [0.5, 0.6) is 0 Å². The average molecular weight is 277 g/mol. The molecule has 0 saturated heterocycles. The molecule has 20 heavy (non-hydrogen) atoms. The lowest BCUT2D eigenvalue weighted by Crippen LogP contribution is -2.48. The van der Waals surface area contributed by atoms with E-state index in [1.807, 2.05) is 31.3 Å². The Kier molecular flexibility index (Phi) is 4.12. The molecule has 6 heteroatoms. The monoisotopic (exact) mass is 277 g/mol. The van der Waals surface area contributed by atoms with Crippen LogP contribution in [0.3, 0.4) is 0 Å². The Bertz CT molecular complexity index is 518. The summed E-state index contributed by atoms with van der Waals surface area (Å²) < 4.78 is 0. The molecule has 1 aliphatic rings. The summed E-state index contributed by atoms with van der Waals surface area (Å²) in [6.45, 7) is 3.03. The van der Waals surface area contributed by atoms with E-state index in [0.29, 0.717) is 6.54 Å². The molecule has 0 bridgehead atoms. The summed E-state index contributed by atoms with van der Waals surface area (Å²) in [6.07, 6.45) is 0. The molecule has 0 aromatic heterocycles. The Hall–Kier alpha value is -2.24. The molecule has 1 atom stereocenters.